The Morgan fingerprint density at radius 1 is 1.30 bits per heavy atom. The Balaban J connectivity index is 1.84. The molecule has 0 atom stereocenters. The van der Waals surface area contributed by atoms with Gasteiger partial charge in [-0.15, -0.1) is 0 Å². The summed E-state index contributed by atoms with van der Waals surface area (Å²) in [6.45, 7) is 0. The molecule has 2 fully saturated rings. The Morgan fingerprint density at radius 3 is 2.60 bits per heavy atom. The number of ether oxygens (including phenoxy) is 2. The Labute approximate surface area is 128 Å². The summed E-state index contributed by atoms with van der Waals surface area (Å²) in [6.07, 6.45) is 7.52. The van der Waals surface area contributed by atoms with Crippen molar-refractivity contribution < 1.29 is 14.6 Å². The largest absolute Gasteiger partial charge is 0.492 e. The first-order valence-electron chi connectivity index (χ1n) is 7.35. The smallest absolute Gasteiger partial charge is 0.174 e. The van der Waals surface area contributed by atoms with E-state index in [0.29, 0.717) is 12.5 Å². The van der Waals surface area contributed by atoms with Crippen LogP contribution in [0.25, 0.3) is 0 Å². The summed E-state index contributed by atoms with van der Waals surface area (Å²) in [5, 5.41) is 10.1. The molecule has 1 N–H and O–H groups in total. The molecule has 0 amide bonds. The fourth-order valence-electron chi connectivity index (χ4n) is 2.90. The standard InChI is InChI=1S/C16H21BrO3/c1-19-15-13(17)8-11(10-16(18)6-7-16)9-14(15)20-12-4-2-3-5-12/h8-9,12,18H,2-7,10H2,1H3. The third-order valence-corrected chi connectivity index (χ3v) is 4.82. The molecule has 0 unspecified atom stereocenters. The number of halogens is 1. The van der Waals surface area contributed by atoms with Gasteiger partial charge in [-0.2, -0.15) is 0 Å². The third-order valence-electron chi connectivity index (χ3n) is 4.23. The first kappa shape index (κ1) is 14.2. The van der Waals surface area contributed by atoms with E-state index in [1.54, 1.807) is 7.11 Å². The van der Waals surface area contributed by atoms with Crippen molar-refractivity contribution in [2.24, 2.45) is 0 Å². The molecule has 2 aliphatic rings. The summed E-state index contributed by atoms with van der Waals surface area (Å²) < 4.78 is 12.5. The highest BCUT2D eigenvalue weighted by atomic mass is 79.9. The zero-order valence-corrected chi connectivity index (χ0v) is 13.4. The van der Waals surface area contributed by atoms with Crippen LogP contribution in [0.4, 0.5) is 0 Å². The Bertz CT molecular complexity index is 491. The lowest BCUT2D eigenvalue weighted by Crippen LogP contribution is -2.14. The molecular formula is C16H21BrO3. The van der Waals surface area contributed by atoms with Crippen LogP contribution in [0.1, 0.15) is 44.1 Å². The second-order valence-electron chi connectivity index (χ2n) is 6.03. The van der Waals surface area contributed by atoms with Crippen LogP contribution in [0.2, 0.25) is 0 Å². The van der Waals surface area contributed by atoms with Gasteiger partial charge in [0.05, 0.1) is 23.3 Å². The molecule has 2 saturated carbocycles. The maximum Gasteiger partial charge on any atom is 0.174 e. The van der Waals surface area contributed by atoms with Gasteiger partial charge in [0.15, 0.2) is 11.5 Å². The normalized spacial score (nSPS) is 20.9. The van der Waals surface area contributed by atoms with Crippen LogP contribution in [0.5, 0.6) is 11.5 Å². The predicted molar refractivity (Wildman–Crippen MR) is 81.5 cm³/mol. The van der Waals surface area contributed by atoms with E-state index in [-0.39, 0.29) is 0 Å². The van der Waals surface area contributed by atoms with Crippen LogP contribution >= 0.6 is 15.9 Å². The molecule has 0 spiro atoms. The van der Waals surface area contributed by atoms with Crippen molar-refractivity contribution >= 4 is 15.9 Å². The van der Waals surface area contributed by atoms with Crippen molar-refractivity contribution in [3.8, 4) is 11.5 Å². The molecule has 1 aromatic carbocycles. The highest BCUT2D eigenvalue weighted by molar-refractivity contribution is 9.10. The minimum Gasteiger partial charge on any atom is -0.492 e. The quantitative estimate of drug-likeness (QED) is 0.884. The molecule has 3 nitrogen and oxygen atoms in total. The van der Waals surface area contributed by atoms with E-state index >= 15 is 0 Å². The fourth-order valence-corrected chi connectivity index (χ4v) is 3.55. The fraction of sp³-hybridized carbons (Fsp3) is 0.625. The SMILES string of the molecule is COc1c(Br)cc(CC2(O)CC2)cc1OC1CCCC1. The predicted octanol–water partition coefficient (Wildman–Crippen LogP) is 3.85. The molecule has 0 heterocycles. The molecule has 1 aromatic rings. The van der Waals surface area contributed by atoms with E-state index in [4.69, 9.17) is 9.47 Å². The molecule has 20 heavy (non-hydrogen) atoms. The van der Waals surface area contributed by atoms with Crippen molar-refractivity contribution in [1.82, 2.24) is 0 Å². The lowest BCUT2D eigenvalue weighted by atomic mass is 10.1. The van der Waals surface area contributed by atoms with E-state index < -0.39 is 5.60 Å². The number of rotatable bonds is 5. The summed E-state index contributed by atoms with van der Waals surface area (Å²) in [5.74, 6) is 1.55. The van der Waals surface area contributed by atoms with Crippen LogP contribution in [-0.4, -0.2) is 23.9 Å². The molecule has 0 radical (unpaired) electrons. The van der Waals surface area contributed by atoms with Crippen LogP contribution in [0.3, 0.4) is 0 Å². The second-order valence-corrected chi connectivity index (χ2v) is 6.89. The molecule has 0 aliphatic heterocycles. The average molecular weight is 341 g/mol. The van der Waals surface area contributed by atoms with Gasteiger partial charge >= 0.3 is 0 Å². The van der Waals surface area contributed by atoms with E-state index in [0.717, 1.165) is 47.2 Å². The van der Waals surface area contributed by atoms with Gasteiger partial charge in [0.1, 0.15) is 0 Å². The Hall–Kier alpha value is -0.740. The van der Waals surface area contributed by atoms with Gasteiger partial charge in [0.2, 0.25) is 0 Å². The first-order valence-corrected chi connectivity index (χ1v) is 8.14. The lowest BCUT2D eigenvalue weighted by Gasteiger charge is -2.19. The van der Waals surface area contributed by atoms with Gasteiger partial charge < -0.3 is 14.6 Å². The van der Waals surface area contributed by atoms with Crippen LogP contribution in [-0.2, 0) is 6.42 Å². The highest BCUT2D eigenvalue weighted by Crippen LogP contribution is 2.43. The second kappa shape index (κ2) is 5.57. The summed E-state index contributed by atoms with van der Waals surface area (Å²) in [6, 6.07) is 4.05. The van der Waals surface area contributed by atoms with Crippen molar-refractivity contribution in [2.45, 2.75) is 56.7 Å². The van der Waals surface area contributed by atoms with Crippen LogP contribution in [0, 0.1) is 0 Å². The lowest BCUT2D eigenvalue weighted by molar-refractivity contribution is 0.150. The van der Waals surface area contributed by atoms with Crippen molar-refractivity contribution in [2.75, 3.05) is 7.11 Å². The Morgan fingerprint density at radius 2 is 2.00 bits per heavy atom. The summed E-state index contributed by atoms with van der Waals surface area (Å²) in [5.41, 5.74) is 0.615. The van der Waals surface area contributed by atoms with Gasteiger partial charge in [0.25, 0.3) is 0 Å². The van der Waals surface area contributed by atoms with E-state index in [1.807, 2.05) is 12.1 Å². The highest BCUT2D eigenvalue weighted by Gasteiger charge is 2.40. The molecule has 0 saturated heterocycles. The Kier molecular flexibility index (Phi) is 3.95. The van der Waals surface area contributed by atoms with Gasteiger partial charge in [-0.3, -0.25) is 0 Å². The maximum absolute atomic E-state index is 10.1. The average Bonchev–Trinajstić information content (AvgIpc) is 2.89. The number of aliphatic hydroxyl groups is 1. The first-order chi connectivity index (χ1) is 9.59. The zero-order valence-electron chi connectivity index (χ0n) is 11.8. The molecular weight excluding hydrogens is 320 g/mol. The minimum absolute atomic E-state index is 0.301. The molecule has 2 aliphatic carbocycles. The summed E-state index contributed by atoms with van der Waals surface area (Å²) in [4.78, 5) is 0. The van der Waals surface area contributed by atoms with Crippen LogP contribution in [0.15, 0.2) is 16.6 Å². The van der Waals surface area contributed by atoms with Crippen LogP contribution < -0.4 is 9.47 Å². The topological polar surface area (TPSA) is 38.7 Å². The minimum atomic E-state index is -0.487. The number of hydrogen-bond acceptors (Lipinski definition) is 3. The molecule has 0 bridgehead atoms. The summed E-state index contributed by atoms with van der Waals surface area (Å²) >= 11 is 3.55. The number of hydrogen-bond donors (Lipinski definition) is 1. The van der Waals surface area contributed by atoms with Gasteiger partial charge in [-0.1, -0.05) is 0 Å². The van der Waals surface area contributed by atoms with E-state index in [9.17, 15) is 5.11 Å². The van der Waals surface area contributed by atoms with E-state index in [1.165, 1.54) is 12.8 Å². The van der Waals surface area contributed by atoms with Crippen molar-refractivity contribution in [3.05, 3.63) is 22.2 Å². The maximum atomic E-state index is 10.1. The monoisotopic (exact) mass is 340 g/mol. The zero-order chi connectivity index (χ0) is 14.2. The number of methoxy groups -OCH3 is 1. The molecule has 3 rings (SSSR count). The van der Waals surface area contributed by atoms with Crippen molar-refractivity contribution in [1.29, 1.82) is 0 Å². The van der Waals surface area contributed by atoms with Gasteiger partial charge in [0, 0.05) is 6.42 Å². The molecule has 0 aromatic heterocycles. The van der Waals surface area contributed by atoms with E-state index in [2.05, 4.69) is 15.9 Å². The summed E-state index contributed by atoms with van der Waals surface area (Å²) in [7, 11) is 1.66. The molecule has 4 heteroatoms. The third kappa shape index (κ3) is 3.12. The van der Waals surface area contributed by atoms with Gasteiger partial charge in [-0.05, 0) is 72.2 Å². The van der Waals surface area contributed by atoms with Gasteiger partial charge in [-0.25, -0.2) is 0 Å². The molecule has 110 valence electrons. The number of benzene rings is 1. The van der Waals surface area contributed by atoms with Crippen molar-refractivity contribution in [3.63, 3.8) is 0 Å².